The molecule has 0 aromatic carbocycles. The van der Waals surface area contributed by atoms with Crippen molar-refractivity contribution in [1.82, 2.24) is 10.3 Å². The van der Waals surface area contributed by atoms with Crippen LogP contribution in [-0.2, 0) is 16.1 Å². The Bertz CT molecular complexity index is 309. The number of aromatic nitrogens is 1. The molecule has 0 fully saturated rings. The molecular weight excluding hydrogens is 196 g/mol. The molecule has 0 radical (unpaired) electrons. The number of carbonyl (C=O) groups is 1. The van der Waals surface area contributed by atoms with E-state index in [4.69, 9.17) is 4.42 Å². The summed E-state index contributed by atoms with van der Waals surface area (Å²) in [6.45, 7) is 3.19. The minimum atomic E-state index is -0.177. The SMILES string of the molecule is COC(=O)CCCNCc1ncc(C)o1. The minimum absolute atomic E-state index is 0.177. The van der Waals surface area contributed by atoms with Gasteiger partial charge in [-0.25, -0.2) is 4.98 Å². The summed E-state index contributed by atoms with van der Waals surface area (Å²) < 4.78 is 9.79. The van der Waals surface area contributed by atoms with E-state index < -0.39 is 0 Å². The molecule has 1 aromatic rings. The van der Waals surface area contributed by atoms with Crippen LogP contribution in [0.25, 0.3) is 0 Å². The second kappa shape index (κ2) is 6.19. The summed E-state index contributed by atoms with van der Waals surface area (Å²) in [5.74, 6) is 1.30. The van der Waals surface area contributed by atoms with Gasteiger partial charge in [0.15, 0.2) is 0 Å². The summed E-state index contributed by atoms with van der Waals surface area (Å²) in [4.78, 5) is 14.8. The molecule has 1 aromatic heterocycles. The lowest BCUT2D eigenvalue weighted by molar-refractivity contribution is -0.140. The Kier molecular flexibility index (Phi) is 4.83. The molecule has 0 saturated heterocycles. The Morgan fingerprint density at radius 1 is 1.67 bits per heavy atom. The summed E-state index contributed by atoms with van der Waals surface area (Å²) in [7, 11) is 1.39. The molecule has 0 saturated carbocycles. The van der Waals surface area contributed by atoms with Gasteiger partial charge in [-0.05, 0) is 19.9 Å². The molecule has 5 heteroatoms. The second-order valence-corrected chi connectivity index (χ2v) is 3.22. The van der Waals surface area contributed by atoms with Gasteiger partial charge in [0.2, 0.25) is 5.89 Å². The van der Waals surface area contributed by atoms with Crippen LogP contribution in [-0.4, -0.2) is 24.6 Å². The Morgan fingerprint density at radius 3 is 3.07 bits per heavy atom. The van der Waals surface area contributed by atoms with Gasteiger partial charge in [-0.15, -0.1) is 0 Å². The van der Waals surface area contributed by atoms with Crippen LogP contribution in [0.2, 0.25) is 0 Å². The average molecular weight is 212 g/mol. The molecule has 15 heavy (non-hydrogen) atoms. The summed E-state index contributed by atoms with van der Waals surface area (Å²) in [6.07, 6.45) is 2.88. The fourth-order valence-electron chi connectivity index (χ4n) is 1.14. The van der Waals surface area contributed by atoms with Crippen LogP contribution in [0.5, 0.6) is 0 Å². The predicted octanol–water partition coefficient (Wildman–Crippen LogP) is 1.03. The first-order chi connectivity index (χ1) is 7.22. The Morgan fingerprint density at radius 2 is 2.47 bits per heavy atom. The largest absolute Gasteiger partial charge is 0.469 e. The summed E-state index contributed by atoms with van der Waals surface area (Å²) in [5, 5.41) is 3.13. The van der Waals surface area contributed by atoms with Crippen molar-refractivity contribution >= 4 is 5.97 Å². The van der Waals surface area contributed by atoms with E-state index in [0.29, 0.717) is 18.9 Å². The van der Waals surface area contributed by atoms with Crippen LogP contribution in [0.3, 0.4) is 0 Å². The first-order valence-electron chi connectivity index (χ1n) is 4.91. The number of rotatable bonds is 6. The van der Waals surface area contributed by atoms with Crippen molar-refractivity contribution in [3.8, 4) is 0 Å². The fraction of sp³-hybridized carbons (Fsp3) is 0.600. The van der Waals surface area contributed by atoms with Gasteiger partial charge in [-0.3, -0.25) is 4.79 Å². The van der Waals surface area contributed by atoms with Crippen molar-refractivity contribution in [3.05, 3.63) is 17.8 Å². The van der Waals surface area contributed by atoms with E-state index in [-0.39, 0.29) is 5.97 Å². The smallest absolute Gasteiger partial charge is 0.305 e. The van der Waals surface area contributed by atoms with Crippen LogP contribution in [0.4, 0.5) is 0 Å². The maximum absolute atomic E-state index is 10.8. The number of aryl methyl sites for hydroxylation is 1. The Labute approximate surface area is 88.8 Å². The first-order valence-corrected chi connectivity index (χ1v) is 4.91. The molecule has 5 nitrogen and oxygen atoms in total. The lowest BCUT2D eigenvalue weighted by atomic mass is 10.3. The first kappa shape index (κ1) is 11.7. The van der Waals surface area contributed by atoms with E-state index in [2.05, 4.69) is 15.0 Å². The molecule has 0 amide bonds. The normalized spacial score (nSPS) is 10.3. The van der Waals surface area contributed by atoms with E-state index in [1.807, 2.05) is 6.92 Å². The van der Waals surface area contributed by atoms with Gasteiger partial charge in [-0.1, -0.05) is 0 Å². The Balaban J connectivity index is 2.05. The third-order valence-electron chi connectivity index (χ3n) is 1.91. The molecule has 0 spiro atoms. The fourth-order valence-corrected chi connectivity index (χ4v) is 1.14. The number of hydrogen-bond donors (Lipinski definition) is 1. The van der Waals surface area contributed by atoms with Crippen LogP contribution >= 0.6 is 0 Å². The van der Waals surface area contributed by atoms with Crippen LogP contribution < -0.4 is 5.32 Å². The maximum atomic E-state index is 10.8. The van der Waals surface area contributed by atoms with Crippen LogP contribution in [0.1, 0.15) is 24.5 Å². The van der Waals surface area contributed by atoms with Gasteiger partial charge in [0, 0.05) is 6.42 Å². The Hall–Kier alpha value is -1.36. The van der Waals surface area contributed by atoms with E-state index in [9.17, 15) is 4.79 Å². The molecule has 1 N–H and O–H groups in total. The number of ether oxygens (including phenoxy) is 1. The average Bonchev–Trinajstić information content (AvgIpc) is 2.63. The van der Waals surface area contributed by atoms with Crippen LogP contribution in [0, 0.1) is 6.92 Å². The predicted molar refractivity (Wildman–Crippen MR) is 54.2 cm³/mol. The topological polar surface area (TPSA) is 64.4 Å². The van der Waals surface area contributed by atoms with Crippen molar-refractivity contribution in [2.45, 2.75) is 26.3 Å². The van der Waals surface area contributed by atoms with Crippen molar-refractivity contribution < 1.29 is 13.9 Å². The molecule has 0 aliphatic rings. The summed E-state index contributed by atoms with van der Waals surface area (Å²) in [6, 6.07) is 0. The van der Waals surface area contributed by atoms with Crippen molar-refractivity contribution in [1.29, 1.82) is 0 Å². The highest BCUT2D eigenvalue weighted by atomic mass is 16.5. The highest BCUT2D eigenvalue weighted by Crippen LogP contribution is 2.00. The molecule has 1 heterocycles. The molecule has 0 bridgehead atoms. The van der Waals surface area contributed by atoms with Gasteiger partial charge < -0.3 is 14.5 Å². The molecule has 0 unspecified atom stereocenters. The number of carbonyl (C=O) groups excluding carboxylic acids is 1. The van der Waals surface area contributed by atoms with Crippen molar-refractivity contribution in [3.63, 3.8) is 0 Å². The zero-order valence-corrected chi connectivity index (χ0v) is 9.08. The maximum Gasteiger partial charge on any atom is 0.305 e. The van der Waals surface area contributed by atoms with Crippen LogP contribution in [0.15, 0.2) is 10.6 Å². The standard InChI is InChI=1S/C10H16N2O3/c1-8-6-12-9(15-8)7-11-5-3-4-10(13)14-2/h6,11H,3-5,7H2,1-2H3. The third kappa shape index (κ3) is 4.60. The summed E-state index contributed by atoms with van der Waals surface area (Å²) in [5.41, 5.74) is 0. The number of nitrogens with zero attached hydrogens (tertiary/aromatic N) is 1. The lowest BCUT2D eigenvalue weighted by Gasteiger charge is -2.01. The number of nitrogens with one attached hydrogen (secondary N) is 1. The number of methoxy groups -OCH3 is 1. The highest BCUT2D eigenvalue weighted by Gasteiger charge is 2.01. The monoisotopic (exact) mass is 212 g/mol. The van der Waals surface area contributed by atoms with Gasteiger partial charge in [-0.2, -0.15) is 0 Å². The molecule has 0 aliphatic heterocycles. The summed E-state index contributed by atoms with van der Waals surface area (Å²) >= 11 is 0. The molecule has 0 atom stereocenters. The van der Waals surface area contributed by atoms with E-state index in [1.165, 1.54) is 7.11 Å². The molecule has 84 valence electrons. The minimum Gasteiger partial charge on any atom is -0.469 e. The highest BCUT2D eigenvalue weighted by molar-refractivity contribution is 5.68. The molecule has 1 rings (SSSR count). The van der Waals surface area contributed by atoms with Gasteiger partial charge >= 0.3 is 5.97 Å². The van der Waals surface area contributed by atoms with Crippen molar-refractivity contribution in [2.24, 2.45) is 0 Å². The number of hydrogen-bond acceptors (Lipinski definition) is 5. The van der Waals surface area contributed by atoms with Gasteiger partial charge in [0.25, 0.3) is 0 Å². The van der Waals surface area contributed by atoms with Gasteiger partial charge in [0.05, 0.1) is 19.9 Å². The zero-order valence-electron chi connectivity index (χ0n) is 9.08. The lowest BCUT2D eigenvalue weighted by Crippen LogP contribution is -2.16. The molecular formula is C10H16N2O3. The van der Waals surface area contributed by atoms with E-state index >= 15 is 0 Å². The van der Waals surface area contributed by atoms with E-state index in [1.54, 1.807) is 6.20 Å². The van der Waals surface area contributed by atoms with Gasteiger partial charge in [0.1, 0.15) is 5.76 Å². The number of oxazole rings is 1. The molecule has 0 aliphatic carbocycles. The number of esters is 1. The quantitative estimate of drug-likeness (QED) is 0.563. The zero-order chi connectivity index (χ0) is 11.1. The third-order valence-corrected chi connectivity index (χ3v) is 1.91. The van der Waals surface area contributed by atoms with Crippen molar-refractivity contribution in [2.75, 3.05) is 13.7 Å². The second-order valence-electron chi connectivity index (χ2n) is 3.22. The van der Waals surface area contributed by atoms with E-state index in [0.717, 1.165) is 18.7 Å².